The van der Waals surface area contributed by atoms with Gasteiger partial charge in [0.15, 0.2) is 18.2 Å². The molecule has 238 valence electrons. The number of pyridine rings is 2. The monoisotopic (exact) mass is 627 g/mol. The second kappa shape index (κ2) is 12.3. The van der Waals surface area contributed by atoms with E-state index in [2.05, 4.69) is 20.3 Å². The molecule has 4 aromatic rings. The Hall–Kier alpha value is -5.24. The first-order valence-corrected chi connectivity index (χ1v) is 15.1. The second-order valence-corrected chi connectivity index (χ2v) is 11.4. The number of nitrogens with one attached hydrogen (secondary N) is 1. The predicted molar refractivity (Wildman–Crippen MR) is 166 cm³/mol. The van der Waals surface area contributed by atoms with Gasteiger partial charge in [0.2, 0.25) is 11.8 Å². The number of carbonyl (C=O) groups excluding carboxylic acids is 2. The van der Waals surface area contributed by atoms with Crippen LogP contribution in [0.25, 0.3) is 11.0 Å². The summed E-state index contributed by atoms with van der Waals surface area (Å²) >= 11 is 0. The zero-order valence-corrected chi connectivity index (χ0v) is 25.4. The number of nitrogens with zero attached hydrogens (tertiary/aromatic N) is 6. The van der Waals surface area contributed by atoms with Crippen LogP contribution in [0, 0.1) is 0 Å². The second-order valence-electron chi connectivity index (χ2n) is 11.4. The molecule has 1 aliphatic carbocycles. The number of benzene rings is 1. The van der Waals surface area contributed by atoms with Gasteiger partial charge in [0.1, 0.15) is 17.5 Å². The quantitative estimate of drug-likeness (QED) is 0.292. The average molecular weight is 628 g/mol. The topological polar surface area (TPSA) is 150 Å². The number of hydrogen-bond acceptors (Lipinski definition) is 11. The number of ether oxygens (including phenoxy) is 4. The standard InChI is InChI=1S/C32H33N7O7/c1-43-22-8-3-19(4-9-22)17-38-28(41)18-45-25-16-34-31(36-30(25)38)39-23-10-7-21(15-24(23)46-32(39)42)33-13-14-37-27(40)12-6-20-5-11-26(44-2)35-29(20)37/h3-6,8-9,11-12,16,21,23-24,33H,7,10,13-15,17-18H2,1-2H3/t21-,23-,24-/m0/s1. The molecule has 1 N–H and O–H groups in total. The Balaban J connectivity index is 1.03. The summed E-state index contributed by atoms with van der Waals surface area (Å²) < 4.78 is 23.5. The summed E-state index contributed by atoms with van der Waals surface area (Å²) in [6, 6.07) is 14.2. The maximum atomic E-state index is 13.2. The van der Waals surface area contributed by atoms with E-state index in [0.29, 0.717) is 54.8 Å². The van der Waals surface area contributed by atoms with E-state index in [1.807, 2.05) is 30.3 Å². The lowest BCUT2D eigenvalue weighted by atomic mass is 9.88. The van der Waals surface area contributed by atoms with Crippen molar-refractivity contribution >= 4 is 34.8 Å². The first kappa shape index (κ1) is 29.5. The zero-order valence-electron chi connectivity index (χ0n) is 25.4. The minimum absolute atomic E-state index is 0.0811. The molecule has 2 fully saturated rings. The molecule has 2 amide bonds. The van der Waals surface area contributed by atoms with Gasteiger partial charge in [-0.25, -0.2) is 14.7 Å². The Morgan fingerprint density at radius 1 is 0.978 bits per heavy atom. The van der Waals surface area contributed by atoms with Crippen LogP contribution in [0.3, 0.4) is 0 Å². The number of rotatable bonds is 9. The fourth-order valence-corrected chi connectivity index (χ4v) is 6.30. The number of anilines is 2. The number of methoxy groups -OCH3 is 2. The molecule has 46 heavy (non-hydrogen) atoms. The molecule has 1 saturated carbocycles. The van der Waals surface area contributed by atoms with Crippen LogP contribution in [0.15, 0.2) is 59.5 Å². The fourth-order valence-electron chi connectivity index (χ4n) is 6.30. The first-order valence-electron chi connectivity index (χ1n) is 15.1. The molecule has 5 heterocycles. The van der Waals surface area contributed by atoms with Crippen LogP contribution >= 0.6 is 0 Å². The summed E-state index contributed by atoms with van der Waals surface area (Å²) in [6.45, 7) is 1.10. The molecule has 3 atom stereocenters. The van der Waals surface area contributed by atoms with Crippen molar-refractivity contribution in [2.24, 2.45) is 0 Å². The van der Waals surface area contributed by atoms with E-state index >= 15 is 0 Å². The van der Waals surface area contributed by atoms with Gasteiger partial charge in [0, 0.05) is 43.1 Å². The number of amides is 2. The van der Waals surface area contributed by atoms with Crippen molar-refractivity contribution < 1.29 is 28.5 Å². The van der Waals surface area contributed by atoms with Gasteiger partial charge in [-0.15, -0.1) is 0 Å². The fraction of sp³-hybridized carbons (Fsp3) is 0.375. The minimum Gasteiger partial charge on any atom is -0.497 e. The molecule has 0 unspecified atom stereocenters. The van der Waals surface area contributed by atoms with Gasteiger partial charge < -0.3 is 24.3 Å². The van der Waals surface area contributed by atoms with Gasteiger partial charge in [-0.2, -0.15) is 9.97 Å². The summed E-state index contributed by atoms with van der Waals surface area (Å²) in [5, 5.41) is 4.38. The molecule has 14 nitrogen and oxygen atoms in total. The summed E-state index contributed by atoms with van der Waals surface area (Å²) in [7, 11) is 3.14. The van der Waals surface area contributed by atoms with Crippen LogP contribution in [0.1, 0.15) is 24.8 Å². The highest BCUT2D eigenvalue weighted by atomic mass is 16.6. The molecular weight excluding hydrogens is 594 g/mol. The van der Waals surface area contributed by atoms with E-state index < -0.39 is 6.09 Å². The smallest absolute Gasteiger partial charge is 0.417 e. The highest BCUT2D eigenvalue weighted by Gasteiger charge is 2.47. The number of aromatic nitrogens is 4. The molecule has 14 heteroatoms. The minimum atomic E-state index is -0.525. The summed E-state index contributed by atoms with van der Waals surface area (Å²) in [5.41, 5.74) is 1.31. The van der Waals surface area contributed by atoms with E-state index in [1.54, 1.807) is 35.8 Å². The first-order chi connectivity index (χ1) is 22.4. The molecule has 1 aromatic carbocycles. The highest BCUT2D eigenvalue weighted by Crippen LogP contribution is 2.37. The number of hydrogen-bond donors (Lipinski definition) is 1. The maximum absolute atomic E-state index is 13.2. The van der Waals surface area contributed by atoms with Gasteiger partial charge in [-0.3, -0.25) is 19.1 Å². The Morgan fingerprint density at radius 3 is 2.61 bits per heavy atom. The van der Waals surface area contributed by atoms with Crippen molar-refractivity contribution in [3.63, 3.8) is 0 Å². The van der Waals surface area contributed by atoms with Crippen molar-refractivity contribution in [2.45, 2.75) is 50.5 Å². The maximum Gasteiger partial charge on any atom is 0.417 e. The third kappa shape index (κ3) is 5.55. The number of fused-ring (bicyclic) bond motifs is 3. The third-order valence-corrected chi connectivity index (χ3v) is 8.67. The Morgan fingerprint density at radius 2 is 1.80 bits per heavy atom. The van der Waals surface area contributed by atoms with Crippen molar-refractivity contribution in [1.29, 1.82) is 0 Å². The van der Waals surface area contributed by atoms with Crippen LogP contribution in [0.2, 0.25) is 0 Å². The Kier molecular flexibility index (Phi) is 7.86. The lowest BCUT2D eigenvalue weighted by Crippen LogP contribution is -2.47. The molecule has 0 spiro atoms. The molecule has 1 saturated heterocycles. The third-order valence-electron chi connectivity index (χ3n) is 8.67. The summed E-state index contributed by atoms with van der Waals surface area (Å²) in [4.78, 5) is 55.3. The summed E-state index contributed by atoms with van der Waals surface area (Å²) in [6.07, 6.45) is 2.64. The highest BCUT2D eigenvalue weighted by molar-refractivity contribution is 5.97. The Labute approximate surface area is 263 Å². The lowest BCUT2D eigenvalue weighted by Gasteiger charge is -2.33. The summed E-state index contributed by atoms with van der Waals surface area (Å²) in [5.74, 6) is 1.75. The number of carbonyl (C=O) groups is 2. The van der Waals surface area contributed by atoms with Crippen molar-refractivity contribution in [1.82, 2.24) is 24.8 Å². The van der Waals surface area contributed by atoms with E-state index in [1.165, 1.54) is 17.2 Å². The van der Waals surface area contributed by atoms with Gasteiger partial charge in [-0.1, -0.05) is 12.1 Å². The largest absolute Gasteiger partial charge is 0.497 e. The molecule has 3 aromatic heterocycles. The van der Waals surface area contributed by atoms with E-state index in [9.17, 15) is 14.4 Å². The molecule has 0 radical (unpaired) electrons. The van der Waals surface area contributed by atoms with Crippen molar-refractivity contribution in [3.8, 4) is 17.4 Å². The SMILES string of the molecule is COc1ccc(CN2C(=O)COc3cnc(N4C(=O)O[C@H]5C[C@@H](NCCn6c(=O)ccc7ccc(OC)nc76)CC[C@@H]54)nc32)cc1. The van der Waals surface area contributed by atoms with Crippen LogP contribution in [-0.4, -0.2) is 77.1 Å². The van der Waals surface area contributed by atoms with E-state index in [0.717, 1.165) is 17.4 Å². The zero-order chi connectivity index (χ0) is 31.8. The molecule has 0 bridgehead atoms. The van der Waals surface area contributed by atoms with Crippen molar-refractivity contribution in [3.05, 3.63) is 70.6 Å². The molecule has 2 aliphatic heterocycles. The van der Waals surface area contributed by atoms with Crippen LogP contribution < -0.4 is 34.9 Å². The van der Waals surface area contributed by atoms with Gasteiger partial charge in [0.05, 0.1) is 33.0 Å². The van der Waals surface area contributed by atoms with Crippen LogP contribution in [-0.2, 0) is 22.6 Å². The van der Waals surface area contributed by atoms with Crippen LogP contribution in [0.5, 0.6) is 17.4 Å². The molecular formula is C32H33N7O7. The predicted octanol–water partition coefficient (Wildman–Crippen LogP) is 2.67. The van der Waals surface area contributed by atoms with Gasteiger partial charge in [0.25, 0.3) is 11.5 Å². The Bertz CT molecular complexity index is 1850. The van der Waals surface area contributed by atoms with E-state index in [4.69, 9.17) is 18.9 Å². The van der Waals surface area contributed by atoms with Gasteiger partial charge >= 0.3 is 6.09 Å². The average Bonchev–Trinajstić information content (AvgIpc) is 3.41. The molecule has 7 rings (SSSR count). The molecule has 3 aliphatic rings. The lowest BCUT2D eigenvalue weighted by molar-refractivity contribution is -0.121. The van der Waals surface area contributed by atoms with Crippen molar-refractivity contribution in [2.75, 3.05) is 37.2 Å². The van der Waals surface area contributed by atoms with Crippen LogP contribution in [0.4, 0.5) is 16.6 Å². The van der Waals surface area contributed by atoms with Gasteiger partial charge in [-0.05, 0) is 42.7 Å². The normalized spacial score (nSPS) is 20.6. The van der Waals surface area contributed by atoms with E-state index in [-0.39, 0.29) is 48.8 Å².